The second-order valence-corrected chi connectivity index (χ2v) is 3.69. The summed E-state index contributed by atoms with van der Waals surface area (Å²) < 4.78 is 48.5. The van der Waals surface area contributed by atoms with E-state index in [0.717, 1.165) is 13.0 Å². The van der Waals surface area contributed by atoms with Gasteiger partial charge >= 0.3 is 12.3 Å². The number of rotatable bonds is 4. The van der Waals surface area contributed by atoms with Gasteiger partial charge in [0.15, 0.2) is 0 Å². The Morgan fingerprint density at radius 2 is 2.14 bits per heavy atom. The highest BCUT2D eigenvalue weighted by atomic mass is 19.3. The lowest BCUT2D eigenvalue weighted by Crippen LogP contribution is -2.44. The molecule has 1 N–H and O–H groups in total. The SMILES string of the molecule is CN1CCC(NCC(F)(F)C(F)F)C1. The Kier molecular flexibility index (Phi) is 3.71. The van der Waals surface area contributed by atoms with Gasteiger partial charge in [-0.15, -0.1) is 0 Å². The predicted molar refractivity (Wildman–Crippen MR) is 44.9 cm³/mol. The third kappa shape index (κ3) is 3.09. The van der Waals surface area contributed by atoms with Crippen molar-refractivity contribution in [2.75, 3.05) is 26.7 Å². The Morgan fingerprint density at radius 1 is 1.50 bits per heavy atom. The molecule has 14 heavy (non-hydrogen) atoms. The molecule has 0 saturated carbocycles. The first-order valence-corrected chi connectivity index (χ1v) is 4.50. The Hall–Kier alpha value is -0.360. The molecule has 1 rings (SSSR count). The molecule has 0 amide bonds. The molecule has 1 aliphatic heterocycles. The van der Waals surface area contributed by atoms with Crippen molar-refractivity contribution in [2.45, 2.75) is 24.8 Å². The molecule has 0 aromatic heterocycles. The summed E-state index contributed by atoms with van der Waals surface area (Å²) in [5.41, 5.74) is 0. The van der Waals surface area contributed by atoms with E-state index in [2.05, 4.69) is 5.32 Å². The quantitative estimate of drug-likeness (QED) is 0.707. The van der Waals surface area contributed by atoms with Crippen LogP contribution in [0.3, 0.4) is 0 Å². The van der Waals surface area contributed by atoms with Crippen molar-refractivity contribution in [2.24, 2.45) is 0 Å². The molecule has 84 valence electrons. The maximum absolute atomic E-state index is 12.5. The number of nitrogens with zero attached hydrogens (tertiary/aromatic N) is 1. The van der Waals surface area contributed by atoms with Crippen molar-refractivity contribution in [3.05, 3.63) is 0 Å². The number of likely N-dealkylation sites (N-methyl/N-ethyl adjacent to an activating group) is 1. The van der Waals surface area contributed by atoms with Gasteiger partial charge in [-0.25, -0.2) is 8.78 Å². The number of nitrogens with one attached hydrogen (secondary N) is 1. The van der Waals surface area contributed by atoms with Crippen molar-refractivity contribution in [3.8, 4) is 0 Å². The summed E-state index contributed by atoms with van der Waals surface area (Å²) in [4.78, 5) is 1.97. The fourth-order valence-electron chi connectivity index (χ4n) is 1.46. The number of hydrogen-bond acceptors (Lipinski definition) is 2. The van der Waals surface area contributed by atoms with E-state index in [-0.39, 0.29) is 6.04 Å². The molecule has 0 bridgehead atoms. The third-order valence-corrected chi connectivity index (χ3v) is 2.34. The number of halogens is 4. The van der Waals surface area contributed by atoms with Gasteiger partial charge in [-0.2, -0.15) is 8.78 Å². The minimum atomic E-state index is -3.92. The van der Waals surface area contributed by atoms with E-state index in [0.29, 0.717) is 6.54 Å². The summed E-state index contributed by atoms with van der Waals surface area (Å²) in [5.74, 6) is -3.92. The average molecular weight is 214 g/mol. The van der Waals surface area contributed by atoms with Crippen LogP contribution in [0.5, 0.6) is 0 Å². The van der Waals surface area contributed by atoms with Crippen molar-refractivity contribution < 1.29 is 17.6 Å². The van der Waals surface area contributed by atoms with Crippen LogP contribution in [0.4, 0.5) is 17.6 Å². The molecule has 2 nitrogen and oxygen atoms in total. The van der Waals surface area contributed by atoms with Crippen LogP contribution in [0, 0.1) is 0 Å². The lowest BCUT2D eigenvalue weighted by molar-refractivity contribution is -0.126. The smallest absolute Gasteiger partial charge is 0.307 e. The highest BCUT2D eigenvalue weighted by Crippen LogP contribution is 2.22. The van der Waals surface area contributed by atoms with E-state index in [1.165, 1.54) is 0 Å². The second-order valence-electron chi connectivity index (χ2n) is 3.69. The first-order valence-electron chi connectivity index (χ1n) is 4.50. The van der Waals surface area contributed by atoms with Gasteiger partial charge in [0.2, 0.25) is 0 Å². The molecule has 0 radical (unpaired) electrons. The Morgan fingerprint density at radius 3 is 2.57 bits per heavy atom. The monoisotopic (exact) mass is 214 g/mol. The van der Waals surface area contributed by atoms with Gasteiger partial charge in [0.25, 0.3) is 0 Å². The van der Waals surface area contributed by atoms with E-state index in [1.807, 2.05) is 11.9 Å². The second kappa shape index (κ2) is 4.44. The van der Waals surface area contributed by atoms with Crippen molar-refractivity contribution in [1.29, 1.82) is 0 Å². The normalized spacial score (nSPS) is 24.9. The molecule has 1 saturated heterocycles. The highest BCUT2D eigenvalue weighted by Gasteiger charge is 2.40. The van der Waals surface area contributed by atoms with Gasteiger partial charge in [-0.1, -0.05) is 0 Å². The van der Waals surface area contributed by atoms with Crippen LogP contribution in [0.15, 0.2) is 0 Å². The number of likely N-dealkylation sites (tertiary alicyclic amines) is 1. The Bertz CT molecular complexity index is 186. The predicted octanol–water partition coefficient (Wildman–Crippen LogP) is 1.18. The third-order valence-electron chi connectivity index (χ3n) is 2.34. The maximum atomic E-state index is 12.5. The van der Waals surface area contributed by atoms with Gasteiger partial charge in [0.05, 0.1) is 6.54 Å². The summed E-state index contributed by atoms with van der Waals surface area (Å²) in [6, 6.07) is -0.0929. The fourth-order valence-corrected chi connectivity index (χ4v) is 1.46. The molecule has 0 aliphatic carbocycles. The molecule has 0 aromatic carbocycles. The molecule has 6 heteroatoms. The van der Waals surface area contributed by atoms with Crippen molar-refractivity contribution in [1.82, 2.24) is 10.2 Å². The van der Waals surface area contributed by atoms with Gasteiger partial charge in [0.1, 0.15) is 0 Å². The fraction of sp³-hybridized carbons (Fsp3) is 1.00. The highest BCUT2D eigenvalue weighted by molar-refractivity contribution is 4.82. The van der Waals surface area contributed by atoms with E-state index < -0.39 is 18.9 Å². The maximum Gasteiger partial charge on any atom is 0.319 e. The van der Waals surface area contributed by atoms with E-state index >= 15 is 0 Å². The van der Waals surface area contributed by atoms with Crippen LogP contribution in [-0.4, -0.2) is 50.0 Å². The van der Waals surface area contributed by atoms with Gasteiger partial charge in [-0.3, -0.25) is 0 Å². The van der Waals surface area contributed by atoms with Crippen molar-refractivity contribution in [3.63, 3.8) is 0 Å². The summed E-state index contributed by atoms with van der Waals surface area (Å²) in [6.45, 7) is 0.514. The molecule has 1 fully saturated rings. The molecule has 1 atom stereocenters. The van der Waals surface area contributed by atoms with Crippen LogP contribution in [0.2, 0.25) is 0 Å². The molecule has 1 aliphatic rings. The van der Waals surface area contributed by atoms with Crippen LogP contribution in [0.25, 0.3) is 0 Å². The summed E-state index contributed by atoms with van der Waals surface area (Å²) in [7, 11) is 1.87. The molecular weight excluding hydrogens is 200 g/mol. The standard InChI is InChI=1S/C8H14F4N2/c1-14-3-2-6(4-14)13-5-8(11,12)7(9)10/h6-7,13H,2-5H2,1H3. The largest absolute Gasteiger partial charge is 0.319 e. The molecule has 0 spiro atoms. The summed E-state index contributed by atoms with van der Waals surface area (Å²) in [6.07, 6.45) is -2.86. The molecule has 1 heterocycles. The zero-order valence-corrected chi connectivity index (χ0v) is 7.94. The molecular formula is C8H14F4N2. The van der Waals surface area contributed by atoms with Crippen molar-refractivity contribution >= 4 is 0 Å². The minimum Gasteiger partial charge on any atom is -0.307 e. The van der Waals surface area contributed by atoms with E-state index in [1.54, 1.807) is 0 Å². The van der Waals surface area contributed by atoms with Crippen LogP contribution >= 0.6 is 0 Å². The topological polar surface area (TPSA) is 15.3 Å². The number of alkyl halides is 4. The van der Waals surface area contributed by atoms with Crippen LogP contribution < -0.4 is 5.32 Å². The van der Waals surface area contributed by atoms with Gasteiger partial charge in [-0.05, 0) is 20.0 Å². The lowest BCUT2D eigenvalue weighted by atomic mass is 10.2. The van der Waals surface area contributed by atoms with Gasteiger partial charge < -0.3 is 10.2 Å². The Balaban J connectivity index is 2.26. The number of hydrogen-bond donors (Lipinski definition) is 1. The summed E-state index contributed by atoms with van der Waals surface area (Å²) in [5, 5.41) is 2.46. The molecule has 1 unspecified atom stereocenters. The van der Waals surface area contributed by atoms with Gasteiger partial charge in [0, 0.05) is 12.6 Å². The summed E-state index contributed by atoms with van der Waals surface area (Å²) >= 11 is 0. The first kappa shape index (κ1) is 11.7. The van der Waals surface area contributed by atoms with E-state index in [4.69, 9.17) is 0 Å². The average Bonchev–Trinajstić information content (AvgIpc) is 2.48. The van der Waals surface area contributed by atoms with Crippen LogP contribution in [0.1, 0.15) is 6.42 Å². The zero-order valence-electron chi connectivity index (χ0n) is 7.94. The lowest BCUT2D eigenvalue weighted by Gasteiger charge is -2.19. The minimum absolute atomic E-state index is 0.0929. The molecule has 0 aromatic rings. The first-order chi connectivity index (χ1) is 6.42. The zero-order chi connectivity index (χ0) is 10.8. The van der Waals surface area contributed by atoms with Crippen LogP contribution in [-0.2, 0) is 0 Å². The Labute approximate surface area is 80.3 Å². The van der Waals surface area contributed by atoms with E-state index in [9.17, 15) is 17.6 Å².